The molecule has 15 heteroatoms. The zero-order valence-electron chi connectivity index (χ0n) is 52.7. The number of alkyl halides is 3. The van der Waals surface area contributed by atoms with E-state index in [4.69, 9.17) is 11.6 Å². The monoisotopic (exact) mass is 1130 g/mol. The maximum absolute atomic E-state index is 13.6. The van der Waals surface area contributed by atoms with E-state index in [1.807, 2.05) is 12.1 Å². The van der Waals surface area contributed by atoms with Crippen molar-refractivity contribution in [2.45, 2.75) is 181 Å². The first-order valence-electron chi connectivity index (χ1n) is 31.1. The van der Waals surface area contributed by atoms with Crippen LogP contribution in [-0.4, -0.2) is 223 Å². The number of piperidine rings is 1. The molecule has 4 N–H and O–H groups in total. The van der Waals surface area contributed by atoms with Gasteiger partial charge in [-0.25, -0.2) is 0 Å². The molecule has 0 spiro atoms. The van der Waals surface area contributed by atoms with E-state index in [-0.39, 0.29) is 11.6 Å². The van der Waals surface area contributed by atoms with E-state index in [2.05, 4.69) is 172 Å². The SMILES string of the molecule is CC[C@H](C)[C@H]1CN(C)CCN(C)CCN(C)[C@@H](Cc2ccc(Cl)cc2)CN(C)CCN[C@@H](CCc2ccc(C(F)(F)F)cc2)CN(C)[C@@H](CC(C)C)CNC(C)(C)CN(C)[C@@H](CC(C)C)CN[C@H](C)CCN2CCCC[C@H]2CN1. The van der Waals surface area contributed by atoms with Gasteiger partial charge in [-0.3, -0.25) is 4.90 Å². The molecule has 0 radical (unpaired) electrons. The second-order valence-electron chi connectivity index (χ2n) is 26.5. The first-order valence-corrected chi connectivity index (χ1v) is 31.4. The third-order valence-corrected chi connectivity index (χ3v) is 17.9. The third kappa shape index (κ3) is 27.1. The highest BCUT2D eigenvalue weighted by Gasteiger charge is 2.32. The van der Waals surface area contributed by atoms with E-state index >= 15 is 0 Å². The molecule has 11 nitrogen and oxygen atoms in total. The summed E-state index contributed by atoms with van der Waals surface area (Å²) in [4.78, 5) is 18.0. The van der Waals surface area contributed by atoms with Crippen molar-refractivity contribution in [2.75, 3.05) is 140 Å². The van der Waals surface area contributed by atoms with Crippen LogP contribution in [0.15, 0.2) is 48.5 Å². The van der Waals surface area contributed by atoms with Crippen LogP contribution in [0.1, 0.15) is 130 Å². The van der Waals surface area contributed by atoms with Gasteiger partial charge in [0.2, 0.25) is 0 Å². The van der Waals surface area contributed by atoms with Crippen LogP contribution < -0.4 is 21.3 Å². The van der Waals surface area contributed by atoms with E-state index in [9.17, 15) is 13.2 Å². The average molecular weight is 1130 g/mol. The van der Waals surface area contributed by atoms with Crippen LogP contribution in [-0.2, 0) is 19.0 Å². The predicted molar refractivity (Wildman–Crippen MR) is 332 cm³/mol. The molecule has 0 saturated carbocycles. The van der Waals surface area contributed by atoms with Crippen molar-refractivity contribution in [3.05, 3.63) is 70.2 Å². The van der Waals surface area contributed by atoms with Gasteiger partial charge in [0.25, 0.3) is 0 Å². The lowest BCUT2D eigenvalue weighted by Gasteiger charge is -2.40. The number of nitrogens with one attached hydrogen (secondary N) is 4. The molecule has 2 aromatic carbocycles. The molecule has 0 bridgehead atoms. The summed E-state index contributed by atoms with van der Waals surface area (Å²) in [5, 5.41) is 17.0. The highest BCUT2D eigenvalue weighted by atomic mass is 35.5. The fourth-order valence-corrected chi connectivity index (χ4v) is 12.2. The number of hydrogen-bond acceptors (Lipinski definition) is 11. The van der Waals surface area contributed by atoms with Gasteiger partial charge in [0.1, 0.15) is 0 Å². The molecular formula is C64H117ClF3N11. The Labute approximate surface area is 487 Å². The Bertz CT molecular complexity index is 1910. The summed E-state index contributed by atoms with van der Waals surface area (Å²) >= 11 is 6.37. The van der Waals surface area contributed by atoms with Gasteiger partial charge >= 0.3 is 6.18 Å². The molecule has 8 atom stereocenters. The topological polar surface area (TPSA) is 70.8 Å². The fourth-order valence-electron chi connectivity index (χ4n) is 12.0. The van der Waals surface area contributed by atoms with Gasteiger partial charge in [0.05, 0.1) is 5.56 Å². The molecule has 2 heterocycles. The molecule has 2 aromatic rings. The van der Waals surface area contributed by atoms with Crippen molar-refractivity contribution in [3.63, 3.8) is 0 Å². The average Bonchev–Trinajstić information content (AvgIpc) is 3.39. The molecule has 2 aliphatic heterocycles. The lowest BCUT2D eigenvalue weighted by molar-refractivity contribution is -0.137. The maximum Gasteiger partial charge on any atom is 0.416 e. The molecule has 4 rings (SSSR count). The number of aryl methyl sites for hydroxylation is 1. The summed E-state index contributed by atoms with van der Waals surface area (Å²) in [6.45, 7) is 35.9. The summed E-state index contributed by atoms with van der Waals surface area (Å²) in [6.07, 6.45) is 6.52. The van der Waals surface area contributed by atoms with Gasteiger partial charge in [0, 0.05) is 138 Å². The van der Waals surface area contributed by atoms with Crippen LogP contribution in [0.5, 0.6) is 0 Å². The number of likely N-dealkylation sites (N-methyl/N-ethyl adjacent to an activating group) is 6. The Kier molecular flexibility index (Phi) is 31.2. The minimum Gasteiger partial charge on any atom is -0.313 e. The minimum absolute atomic E-state index is 0.122. The number of hydrogen-bond donors (Lipinski definition) is 4. The van der Waals surface area contributed by atoms with Crippen LogP contribution in [0.25, 0.3) is 0 Å². The predicted octanol–water partition coefficient (Wildman–Crippen LogP) is 9.89. The van der Waals surface area contributed by atoms with Crippen molar-refractivity contribution in [3.8, 4) is 0 Å². The highest BCUT2D eigenvalue weighted by Crippen LogP contribution is 2.29. The zero-order chi connectivity index (χ0) is 58.3. The summed E-state index contributed by atoms with van der Waals surface area (Å²) in [6, 6.07) is 16.8. The summed E-state index contributed by atoms with van der Waals surface area (Å²) in [5.41, 5.74) is 1.50. The second kappa shape index (κ2) is 35.4. The first kappa shape index (κ1) is 69.6. The van der Waals surface area contributed by atoms with Crippen LogP contribution in [0, 0.1) is 17.8 Å². The molecule has 0 aliphatic carbocycles. The Morgan fingerprint density at radius 2 is 1.25 bits per heavy atom. The number of rotatable bonds is 11. The van der Waals surface area contributed by atoms with Crippen molar-refractivity contribution in [2.24, 2.45) is 17.8 Å². The molecule has 0 amide bonds. The van der Waals surface area contributed by atoms with E-state index in [0.29, 0.717) is 60.4 Å². The van der Waals surface area contributed by atoms with Gasteiger partial charge in [-0.05, 0) is 181 Å². The molecule has 0 aromatic heterocycles. The standard InChI is InChI=1S/C64H117ClF3N11/c1-16-51(6)62-47-75(12)36-35-73(10)37-38-76(13)61(41-54-22-27-56(65)28-23-54)46-74(11)34-31-69-57(29-24-53-20-25-55(26-21-53)64(66,67)68)45-77(14)60(40-50(4)5)44-72-63(8,9)48-78(15)59(39-49(2)3)43-70-52(7)30-33-79-32-18-17-19-58(79)42-71-62/h20-23,25-28,49-52,57-62,69-72H,16-19,24,29-48H2,1-15H3/t51-,52+,57-,58-,59-,60-,61-,62+/m0/s1. The van der Waals surface area contributed by atoms with Gasteiger partial charge in [-0.15, -0.1) is 0 Å². The molecule has 2 saturated heterocycles. The molecule has 0 unspecified atom stereocenters. The van der Waals surface area contributed by atoms with E-state index in [1.54, 1.807) is 12.1 Å². The van der Waals surface area contributed by atoms with Crippen LogP contribution in [0.2, 0.25) is 5.02 Å². The van der Waals surface area contributed by atoms with E-state index in [0.717, 1.165) is 134 Å². The summed E-state index contributed by atoms with van der Waals surface area (Å²) < 4.78 is 40.7. The third-order valence-electron chi connectivity index (χ3n) is 17.7. The lowest BCUT2D eigenvalue weighted by atomic mass is 9.96. The van der Waals surface area contributed by atoms with Crippen LogP contribution >= 0.6 is 11.6 Å². The summed E-state index contributed by atoms with van der Waals surface area (Å²) in [7, 11) is 13.7. The van der Waals surface area contributed by atoms with E-state index < -0.39 is 11.7 Å². The highest BCUT2D eigenvalue weighted by molar-refractivity contribution is 6.30. The lowest BCUT2D eigenvalue weighted by Crippen LogP contribution is -2.56. The van der Waals surface area contributed by atoms with Gasteiger partial charge < -0.3 is 50.7 Å². The Morgan fingerprint density at radius 1 is 0.633 bits per heavy atom. The van der Waals surface area contributed by atoms with Crippen molar-refractivity contribution in [1.82, 2.24) is 55.6 Å². The van der Waals surface area contributed by atoms with E-state index in [1.165, 1.54) is 49.9 Å². The number of benzene rings is 2. The number of fused-ring (bicyclic) bond motifs is 1. The van der Waals surface area contributed by atoms with Gasteiger partial charge in [0.15, 0.2) is 0 Å². The normalized spacial score (nSPS) is 27.9. The smallest absolute Gasteiger partial charge is 0.313 e. The quantitative estimate of drug-likeness (QED) is 0.174. The summed E-state index contributed by atoms with van der Waals surface area (Å²) in [5.74, 6) is 1.71. The minimum atomic E-state index is -4.35. The van der Waals surface area contributed by atoms with Gasteiger partial charge in [-0.1, -0.05) is 90.3 Å². The van der Waals surface area contributed by atoms with Crippen molar-refractivity contribution in [1.29, 1.82) is 0 Å². The first-order chi connectivity index (χ1) is 37.3. The van der Waals surface area contributed by atoms with Crippen LogP contribution in [0.3, 0.4) is 0 Å². The zero-order valence-corrected chi connectivity index (χ0v) is 53.5. The Hall–Kier alpha value is -1.92. The molecule has 79 heavy (non-hydrogen) atoms. The molecular weight excluding hydrogens is 1020 g/mol. The molecule has 456 valence electrons. The fraction of sp³-hybridized carbons (Fsp3) is 0.812. The largest absolute Gasteiger partial charge is 0.416 e. The molecule has 2 fully saturated rings. The Balaban J connectivity index is 1.59. The Morgan fingerprint density at radius 3 is 1.90 bits per heavy atom. The van der Waals surface area contributed by atoms with Crippen molar-refractivity contribution >= 4 is 11.6 Å². The van der Waals surface area contributed by atoms with Crippen LogP contribution in [0.4, 0.5) is 13.2 Å². The van der Waals surface area contributed by atoms with Gasteiger partial charge in [-0.2, -0.15) is 13.2 Å². The number of nitrogens with zero attached hydrogens (tertiary/aromatic N) is 7. The number of halogens is 4. The second-order valence-corrected chi connectivity index (χ2v) is 27.0. The molecule has 2 aliphatic rings. The van der Waals surface area contributed by atoms with Crippen molar-refractivity contribution < 1.29 is 13.2 Å². The maximum atomic E-state index is 13.6.